The van der Waals surface area contributed by atoms with Crippen LogP contribution in [0.3, 0.4) is 0 Å². The molecule has 7 rings (SSSR count). The van der Waals surface area contributed by atoms with Crippen LogP contribution in [-0.4, -0.2) is 23.0 Å². The van der Waals surface area contributed by atoms with Crippen LogP contribution < -0.4 is 26.4 Å². The van der Waals surface area contributed by atoms with Crippen LogP contribution in [-0.2, 0) is 17.8 Å². The van der Waals surface area contributed by atoms with Gasteiger partial charge in [0.05, 0.1) is 0 Å². The lowest BCUT2D eigenvalue weighted by atomic mass is 9.12. The van der Waals surface area contributed by atoms with Crippen molar-refractivity contribution in [2.45, 2.75) is 13.0 Å². The summed E-state index contributed by atoms with van der Waals surface area (Å²) in [5, 5.41) is 10.1. The maximum atomic E-state index is 15.4. The molecular formula is C43H16BF20NO3. The van der Waals surface area contributed by atoms with E-state index >= 15 is 35.1 Å². The number of fused-ring (bicyclic) bond motifs is 1. The van der Waals surface area contributed by atoms with Gasteiger partial charge >= 0.3 is 5.97 Å². The number of benzene rings is 6. The number of nitrogens with zero attached hydrogens (tertiary/aromatic N) is 1. The molecule has 0 atom stereocenters. The Bertz CT molecular complexity index is 2860. The van der Waals surface area contributed by atoms with E-state index in [0.29, 0.717) is 11.3 Å². The molecule has 0 fully saturated rings. The van der Waals surface area contributed by atoms with Crippen molar-refractivity contribution in [3.63, 3.8) is 0 Å². The molecule has 0 aliphatic rings. The summed E-state index contributed by atoms with van der Waals surface area (Å²) in [5.74, 6) is -72.4. The average Bonchev–Trinajstić information content (AvgIpc) is 3.32. The van der Waals surface area contributed by atoms with Gasteiger partial charge in [-0.25, -0.2) is 87.8 Å². The summed E-state index contributed by atoms with van der Waals surface area (Å²) in [6.45, 7) is 0.119. The molecule has 0 saturated heterocycles. The van der Waals surface area contributed by atoms with Gasteiger partial charge in [0.15, 0.2) is 75.5 Å². The minimum Gasteiger partial charge on any atom is -0.481 e. The van der Waals surface area contributed by atoms with Crippen LogP contribution in [0.4, 0.5) is 87.8 Å². The summed E-state index contributed by atoms with van der Waals surface area (Å²) in [4.78, 5) is 23.6. The van der Waals surface area contributed by atoms with E-state index in [2.05, 4.69) is 0 Å². The smallest absolute Gasteiger partial charge is 0.314 e. The highest BCUT2D eigenvalue weighted by Gasteiger charge is 2.52. The number of aliphatic carboxylic acids is 1. The monoisotopic (exact) mass is 985 g/mol. The van der Waals surface area contributed by atoms with Crippen LogP contribution in [0, 0.1) is 116 Å². The molecule has 0 bridgehead atoms. The molecule has 0 amide bonds. The molecule has 0 aliphatic carbocycles. The fraction of sp³-hybridized carbons (Fsp3) is 0.0465. The normalized spacial score (nSPS) is 11.5. The molecule has 68 heavy (non-hydrogen) atoms. The number of halogens is 20. The van der Waals surface area contributed by atoms with Crippen molar-refractivity contribution in [1.82, 2.24) is 0 Å². The molecule has 6 aromatic carbocycles. The summed E-state index contributed by atoms with van der Waals surface area (Å²) in [6, 6.07) is 20.3. The highest BCUT2D eigenvalue weighted by atomic mass is 19.2. The summed E-state index contributed by atoms with van der Waals surface area (Å²) in [6.07, 6.45) is -7.34. The first kappa shape index (κ1) is 50.0. The van der Waals surface area contributed by atoms with Crippen molar-refractivity contribution in [2.24, 2.45) is 0 Å². The van der Waals surface area contributed by atoms with Crippen LogP contribution in [0.25, 0.3) is 10.9 Å². The number of rotatable bonds is 9. The maximum absolute atomic E-state index is 15.4. The molecule has 0 radical (unpaired) electrons. The number of pyridine rings is 1. The minimum absolute atomic E-state index is 0.0430. The van der Waals surface area contributed by atoms with Crippen LogP contribution in [0.1, 0.15) is 16.1 Å². The van der Waals surface area contributed by atoms with E-state index in [1.807, 2.05) is 48.5 Å². The number of aromatic nitrogens is 1. The SMILES string of the molecule is Fc1c(F)c(F)c([B-](c2c(F)c(F)c(F)c(F)c2F)(c2c(F)c(F)c(F)c(F)c2F)c2c(F)c(F)c(F)c(F)c2F)c(F)c1F.O=C(O)Cc1ccc2ccccc2[n+]1CC(=O)c1ccccc1. The summed E-state index contributed by atoms with van der Waals surface area (Å²) in [7, 11) is 0. The number of carboxylic acid groups (broad SMARTS) is 1. The number of hydrogen-bond donors (Lipinski definition) is 1. The first-order chi connectivity index (χ1) is 31.8. The Hall–Kier alpha value is -7.47. The molecular weight excluding hydrogens is 969 g/mol. The number of ketones is 1. The third kappa shape index (κ3) is 7.91. The molecule has 0 unspecified atom stereocenters. The molecule has 1 aromatic heterocycles. The van der Waals surface area contributed by atoms with Gasteiger partial charge in [-0.2, -0.15) is 4.57 Å². The van der Waals surface area contributed by atoms with E-state index in [1.165, 1.54) is 0 Å². The Kier molecular flexibility index (Phi) is 13.7. The predicted molar refractivity (Wildman–Crippen MR) is 195 cm³/mol. The Morgan fingerprint density at radius 3 is 1.00 bits per heavy atom. The molecule has 354 valence electrons. The Labute approximate surface area is 364 Å². The van der Waals surface area contributed by atoms with Crippen molar-refractivity contribution in [3.8, 4) is 0 Å². The predicted octanol–water partition coefficient (Wildman–Crippen LogP) is 8.48. The van der Waals surface area contributed by atoms with E-state index in [9.17, 15) is 62.3 Å². The van der Waals surface area contributed by atoms with E-state index < -0.39 is 150 Å². The molecule has 0 aliphatic heterocycles. The fourth-order valence-electron chi connectivity index (χ4n) is 7.53. The Morgan fingerprint density at radius 1 is 0.382 bits per heavy atom. The molecule has 7 aromatic rings. The Balaban J connectivity index is 0.000000276. The van der Waals surface area contributed by atoms with Crippen molar-refractivity contribution < 1.29 is 107 Å². The van der Waals surface area contributed by atoms with Gasteiger partial charge in [0.25, 0.3) is 0 Å². The van der Waals surface area contributed by atoms with Gasteiger partial charge in [0.1, 0.15) is 59.1 Å². The summed E-state index contributed by atoms with van der Waals surface area (Å²) >= 11 is 0. The van der Waals surface area contributed by atoms with Gasteiger partial charge in [0, 0.05) is 23.1 Å². The number of carboxylic acids is 1. The van der Waals surface area contributed by atoms with Crippen molar-refractivity contribution >= 4 is 50.7 Å². The molecule has 0 saturated carbocycles. The van der Waals surface area contributed by atoms with Gasteiger partial charge in [-0.3, -0.25) is 9.59 Å². The lowest BCUT2D eigenvalue weighted by Gasteiger charge is -2.44. The lowest BCUT2D eigenvalue weighted by molar-refractivity contribution is -0.664. The first-order valence-corrected chi connectivity index (χ1v) is 18.3. The van der Waals surface area contributed by atoms with Crippen molar-refractivity contribution in [2.75, 3.05) is 0 Å². The Morgan fingerprint density at radius 2 is 0.676 bits per heavy atom. The lowest BCUT2D eigenvalue weighted by Crippen LogP contribution is -2.81. The zero-order valence-corrected chi connectivity index (χ0v) is 32.6. The second-order valence-corrected chi connectivity index (χ2v) is 14.1. The second-order valence-electron chi connectivity index (χ2n) is 14.1. The second kappa shape index (κ2) is 18.7. The van der Waals surface area contributed by atoms with Crippen LogP contribution in [0.5, 0.6) is 0 Å². The standard InChI is InChI=1S/C24BF20.C19H15NO3/c26-5-1(6(27)14(35)21(42)13(5)34)25(2-7(28)15(36)22(43)16(37)8(2)29,3-9(30)17(38)23(44)18(39)10(3)31)4-11(32)19(40)24(45)20(41)12(4)33;21-18(15-7-2-1-3-8-15)13-20-16(12-19(22)23)11-10-14-6-4-5-9-17(14)20/h;1-11H,12-13H2/q-1;/p+1. The van der Waals surface area contributed by atoms with E-state index in [-0.39, 0.29) is 18.7 Å². The zero-order valence-electron chi connectivity index (χ0n) is 32.6. The third-order valence-corrected chi connectivity index (χ3v) is 10.5. The molecule has 25 heteroatoms. The van der Waals surface area contributed by atoms with Crippen molar-refractivity contribution in [3.05, 3.63) is 194 Å². The topological polar surface area (TPSA) is 58.2 Å². The van der Waals surface area contributed by atoms with E-state index in [1.54, 1.807) is 22.8 Å². The number of para-hydroxylation sites is 1. The maximum Gasteiger partial charge on any atom is 0.314 e. The van der Waals surface area contributed by atoms with Gasteiger partial charge < -0.3 is 5.11 Å². The minimum atomic E-state index is -7.22. The largest absolute Gasteiger partial charge is 0.481 e. The highest BCUT2D eigenvalue weighted by molar-refractivity contribution is 7.20. The van der Waals surface area contributed by atoms with Crippen LogP contribution >= 0.6 is 0 Å². The molecule has 4 nitrogen and oxygen atoms in total. The van der Waals surface area contributed by atoms with Crippen LogP contribution in [0.2, 0.25) is 0 Å². The zero-order chi connectivity index (χ0) is 50.6. The number of hydrogen-bond acceptors (Lipinski definition) is 2. The van der Waals surface area contributed by atoms with Gasteiger partial charge in [-0.1, -0.05) is 42.5 Å². The number of carbonyl (C=O) groups excluding carboxylic acids is 1. The average molecular weight is 985 g/mol. The van der Waals surface area contributed by atoms with Gasteiger partial charge in [-0.05, 0) is 12.1 Å². The quantitative estimate of drug-likeness (QED) is 0.0395. The van der Waals surface area contributed by atoms with Gasteiger partial charge in [-0.15, -0.1) is 21.9 Å². The molecule has 1 N–H and O–H groups in total. The van der Waals surface area contributed by atoms with E-state index in [4.69, 9.17) is 5.11 Å². The first-order valence-electron chi connectivity index (χ1n) is 18.3. The van der Waals surface area contributed by atoms with E-state index in [0.717, 1.165) is 10.9 Å². The number of carbonyl (C=O) groups is 2. The van der Waals surface area contributed by atoms with Crippen molar-refractivity contribution in [1.29, 1.82) is 0 Å². The van der Waals surface area contributed by atoms with Gasteiger partial charge in [0.2, 0.25) is 17.8 Å². The fourth-order valence-corrected chi connectivity index (χ4v) is 7.53. The summed E-state index contributed by atoms with van der Waals surface area (Å²) in [5.41, 5.74) is -12.2. The molecule has 1 heterocycles. The molecule has 0 spiro atoms. The third-order valence-electron chi connectivity index (χ3n) is 10.5. The number of Topliss-reactive ketones (excluding diaryl/α,β-unsaturated/α-hetero) is 1. The van der Waals surface area contributed by atoms with Crippen LogP contribution in [0.15, 0.2) is 66.7 Å². The summed E-state index contributed by atoms with van der Waals surface area (Å²) < 4.78 is 296. The highest BCUT2D eigenvalue weighted by Crippen LogP contribution is 2.31.